The van der Waals surface area contributed by atoms with Gasteiger partial charge in [-0.2, -0.15) is 0 Å². The molecule has 0 fully saturated rings. The van der Waals surface area contributed by atoms with Crippen LogP contribution in [0.25, 0.3) is 0 Å². The van der Waals surface area contributed by atoms with Gasteiger partial charge in [0.05, 0.1) is 13.2 Å². The molecule has 0 aromatic rings. The highest BCUT2D eigenvalue weighted by Crippen LogP contribution is 2.29. The molecule has 0 aliphatic heterocycles. The Morgan fingerprint density at radius 1 is 0.419 bits per heavy atom. The first-order valence-electron chi connectivity index (χ1n) is 17.7. The fraction of sp³-hybridized carbons (Fsp3) is 0.943. The molecule has 8 nitrogen and oxygen atoms in total. The van der Waals surface area contributed by atoms with Gasteiger partial charge in [0.25, 0.3) is 0 Å². The van der Waals surface area contributed by atoms with Crippen molar-refractivity contribution < 1.29 is 38.0 Å². The van der Waals surface area contributed by atoms with Gasteiger partial charge in [-0.05, 0) is 53.4 Å². The van der Waals surface area contributed by atoms with Crippen LogP contribution in [0.2, 0.25) is 0 Å². The van der Waals surface area contributed by atoms with E-state index in [1.165, 1.54) is 51.4 Å². The summed E-state index contributed by atoms with van der Waals surface area (Å²) in [6.45, 7) is 15.0. The van der Waals surface area contributed by atoms with Crippen LogP contribution in [0.15, 0.2) is 0 Å². The molecule has 0 amide bonds. The summed E-state index contributed by atoms with van der Waals surface area (Å²) in [4.78, 5) is 24.6. The average molecular weight is 617 g/mol. The highest BCUT2D eigenvalue weighted by Gasteiger charge is 2.31. The van der Waals surface area contributed by atoms with Gasteiger partial charge in [-0.15, -0.1) is 0 Å². The third-order valence-corrected chi connectivity index (χ3v) is 7.67. The van der Waals surface area contributed by atoms with Crippen molar-refractivity contribution in [2.45, 2.75) is 175 Å². The van der Waals surface area contributed by atoms with E-state index in [1.807, 2.05) is 27.7 Å². The lowest BCUT2D eigenvalue weighted by atomic mass is 10.0. The highest BCUT2D eigenvalue weighted by atomic mass is 16.7. The van der Waals surface area contributed by atoms with E-state index in [0.717, 1.165) is 38.5 Å². The van der Waals surface area contributed by atoms with Crippen LogP contribution >= 0.6 is 0 Å². The molecule has 0 aliphatic rings. The molecule has 43 heavy (non-hydrogen) atoms. The molecule has 0 aromatic heterocycles. The minimum absolute atomic E-state index is 0.216. The predicted molar refractivity (Wildman–Crippen MR) is 173 cm³/mol. The maximum Gasteiger partial charge on any atom is 0.317 e. The Morgan fingerprint density at radius 2 is 0.721 bits per heavy atom. The van der Waals surface area contributed by atoms with E-state index in [2.05, 4.69) is 13.8 Å². The molecule has 0 saturated heterocycles. The van der Waals surface area contributed by atoms with Crippen LogP contribution in [0, 0.1) is 0 Å². The van der Waals surface area contributed by atoms with Crippen molar-refractivity contribution >= 4 is 11.9 Å². The minimum atomic E-state index is -0.646. The molecule has 0 bridgehead atoms. The Hall–Kier alpha value is -1.22. The number of esters is 2. The van der Waals surface area contributed by atoms with Crippen molar-refractivity contribution in [2.24, 2.45) is 0 Å². The predicted octanol–water partition coefficient (Wildman–Crippen LogP) is 9.06. The molecule has 8 heteroatoms. The first-order chi connectivity index (χ1) is 20.9. The molecule has 0 aliphatic carbocycles. The van der Waals surface area contributed by atoms with Crippen molar-refractivity contribution in [3.8, 4) is 0 Å². The lowest BCUT2D eigenvalue weighted by molar-refractivity contribution is -0.243. The van der Waals surface area contributed by atoms with E-state index in [9.17, 15) is 9.59 Å². The van der Waals surface area contributed by atoms with Crippen molar-refractivity contribution in [3.05, 3.63) is 0 Å². The lowest BCUT2D eigenvalue weighted by Crippen LogP contribution is -2.37. The third-order valence-electron chi connectivity index (χ3n) is 7.67. The molecule has 0 unspecified atom stereocenters. The maximum atomic E-state index is 12.3. The first kappa shape index (κ1) is 41.8. The normalized spacial score (nSPS) is 12.0. The van der Waals surface area contributed by atoms with Crippen molar-refractivity contribution in [2.75, 3.05) is 39.6 Å². The molecular weight excluding hydrogens is 548 g/mol. The van der Waals surface area contributed by atoms with Gasteiger partial charge in [0.2, 0.25) is 0 Å². The molecule has 0 N–H and O–H groups in total. The molecule has 0 saturated carbocycles. The average Bonchev–Trinajstić information content (AvgIpc) is 2.98. The number of carbonyl (C=O) groups is 2. The molecular formula is C35H68O8. The largest absolute Gasteiger partial charge is 0.465 e. The quantitative estimate of drug-likeness (QED) is 0.0320. The number of carbonyl (C=O) groups excluding carboxylic acids is 2. The summed E-state index contributed by atoms with van der Waals surface area (Å²) in [5, 5.41) is 0. The van der Waals surface area contributed by atoms with Crippen molar-refractivity contribution in [3.63, 3.8) is 0 Å². The van der Waals surface area contributed by atoms with E-state index in [1.54, 1.807) is 0 Å². The smallest absolute Gasteiger partial charge is 0.317 e. The van der Waals surface area contributed by atoms with Crippen molar-refractivity contribution in [1.29, 1.82) is 0 Å². The van der Waals surface area contributed by atoms with E-state index in [-0.39, 0.29) is 19.6 Å². The van der Waals surface area contributed by atoms with Crippen LogP contribution in [0.1, 0.15) is 164 Å². The summed E-state index contributed by atoms with van der Waals surface area (Å²) in [6, 6.07) is 0. The molecule has 0 aromatic carbocycles. The third kappa shape index (κ3) is 22.0. The van der Waals surface area contributed by atoms with E-state index >= 15 is 0 Å². The lowest BCUT2D eigenvalue weighted by Gasteiger charge is -2.33. The number of ether oxygens (including phenoxy) is 6. The molecule has 0 spiro atoms. The summed E-state index contributed by atoms with van der Waals surface area (Å²) < 4.78 is 35.0. The maximum absolute atomic E-state index is 12.3. The molecule has 0 atom stereocenters. The molecule has 0 rings (SSSR count). The Balaban J connectivity index is 4.48. The molecule has 0 radical (unpaired) electrons. The zero-order chi connectivity index (χ0) is 32.1. The molecule has 256 valence electrons. The second kappa shape index (κ2) is 28.3. The van der Waals surface area contributed by atoms with Crippen LogP contribution in [0.4, 0.5) is 0 Å². The van der Waals surface area contributed by atoms with Gasteiger partial charge in [0, 0.05) is 52.1 Å². The van der Waals surface area contributed by atoms with Crippen LogP contribution in [-0.2, 0) is 38.0 Å². The van der Waals surface area contributed by atoms with Gasteiger partial charge in [0.15, 0.2) is 11.6 Å². The zero-order valence-corrected chi connectivity index (χ0v) is 28.9. The number of hydrogen-bond donors (Lipinski definition) is 0. The number of unbranched alkanes of at least 4 members (excludes halogenated alkanes) is 10. The van der Waals surface area contributed by atoms with Crippen LogP contribution < -0.4 is 0 Å². The Bertz CT molecular complexity index is 588. The van der Waals surface area contributed by atoms with Gasteiger partial charge < -0.3 is 28.4 Å². The van der Waals surface area contributed by atoms with Gasteiger partial charge >= 0.3 is 11.9 Å². The minimum Gasteiger partial charge on any atom is -0.465 e. The SMILES string of the molecule is CCCCCCCCC(CCCOC(=O)CC(=O)OCCCC(CCCCCCCC)(OCC)OCC)(OCC)OCC. The molecule has 0 heterocycles. The van der Waals surface area contributed by atoms with Gasteiger partial charge in [-0.1, -0.05) is 78.1 Å². The van der Waals surface area contributed by atoms with Gasteiger partial charge in [-0.25, -0.2) is 0 Å². The summed E-state index contributed by atoms with van der Waals surface area (Å²) in [5.74, 6) is -2.43. The fourth-order valence-corrected chi connectivity index (χ4v) is 5.59. The summed E-state index contributed by atoms with van der Waals surface area (Å²) in [5.41, 5.74) is 0. The van der Waals surface area contributed by atoms with Crippen LogP contribution in [-0.4, -0.2) is 63.2 Å². The van der Waals surface area contributed by atoms with Gasteiger partial charge in [-0.3, -0.25) is 9.59 Å². The number of hydrogen-bond acceptors (Lipinski definition) is 8. The van der Waals surface area contributed by atoms with E-state index < -0.39 is 23.5 Å². The van der Waals surface area contributed by atoms with Gasteiger partial charge in [0.1, 0.15) is 6.42 Å². The van der Waals surface area contributed by atoms with Crippen LogP contribution in [0.3, 0.4) is 0 Å². The monoisotopic (exact) mass is 616 g/mol. The Kier molecular flexibility index (Phi) is 27.5. The first-order valence-corrected chi connectivity index (χ1v) is 17.7. The zero-order valence-electron chi connectivity index (χ0n) is 28.9. The second-order valence-electron chi connectivity index (χ2n) is 11.4. The van der Waals surface area contributed by atoms with E-state index in [4.69, 9.17) is 28.4 Å². The summed E-state index contributed by atoms with van der Waals surface area (Å²) in [7, 11) is 0. The Morgan fingerprint density at radius 3 is 1.05 bits per heavy atom. The number of rotatable bonds is 32. The standard InChI is InChI=1S/C35H68O8/c1-7-13-15-17-19-21-25-34(40-9-3,41-10-4)27-23-29-38-32(36)31-33(37)39-30-24-28-35(42-11-5,43-12-6)26-22-20-18-16-14-8-2/h7-31H2,1-6H3. The van der Waals surface area contributed by atoms with E-state index in [0.29, 0.717) is 52.1 Å². The Labute approximate surface area is 264 Å². The van der Waals surface area contributed by atoms with Crippen LogP contribution in [0.5, 0.6) is 0 Å². The topological polar surface area (TPSA) is 89.5 Å². The second-order valence-corrected chi connectivity index (χ2v) is 11.4. The fourth-order valence-electron chi connectivity index (χ4n) is 5.59. The summed E-state index contributed by atoms with van der Waals surface area (Å²) >= 11 is 0. The highest BCUT2D eigenvalue weighted by molar-refractivity contribution is 5.91. The summed E-state index contributed by atoms with van der Waals surface area (Å²) in [6.07, 6.45) is 18.2. The van der Waals surface area contributed by atoms with Crippen molar-refractivity contribution in [1.82, 2.24) is 0 Å².